The van der Waals surface area contributed by atoms with Crippen LogP contribution in [0.2, 0.25) is 0 Å². The molecule has 66 valence electrons. The third-order valence-corrected chi connectivity index (χ3v) is 2.09. The first-order chi connectivity index (χ1) is 5.24. The van der Waals surface area contributed by atoms with Crippen molar-refractivity contribution >= 4 is 0 Å². The molecule has 0 aromatic heterocycles. The summed E-state index contributed by atoms with van der Waals surface area (Å²) in [5.41, 5.74) is 0. The molecule has 0 heterocycles. The van der Waals surface area contributed by atoms with Gasteiger partial charge in [0.2, 0.25) is 0 Å². The predicted molar refractivity (Wildman–Crippen MR) is 51.7 cm³/mol. The van der Waals surface area contributed by atoms with Crippen LogP contribution in [0.1, 0.15) is 33.1 Å². The molecule has 0 rings (SSSR count). The lowest BCUT2D eigenvalue weighted by Crippen LogP contribution is -2.24. The van der Waals surface area contributed by atoms with E-state index in [0.29, 0.717) is 6.04 Å². The van der Waals surface area contributed by atoms with Crippen LogP contribution >= 0.6 is 0 Å². The molecular formula is C10H21N. The van der Waals surface area contributed by atoms with Crippen molar-refractivity contribution in [1.82, 2.24) is 5.32 Å². The number of hydrogen-bond donors (Lipinski definition) is 1. The molecule has 0 aromatic rings. The first-order valence-corrected chi connectivity index (χ1v) is 4.54. The van der Waals surface area contributed by atoms with Gasteiger partial charge >= 0.3 is 0 Å². The van der Waals surface area contributed by atoms with Crippen molar-refractivity contribution in [2.75, 3.05) is 7.05 Å². The van der Waals surface area contributed by atoms with Crippen LogP contribution in [0.3, 0.4) is 0 Å². The highest BCUT2D eigenvalue weighted by molar-refractivity contribution is 4.85. The van der Waals surface area contributed by atoms with Crippen LogP contribution in [0.25, 0.3) is 0 Å². The molecule has 2 unspecified atom stereocenters. The SMILES string of the molecule is C=CC(CC(C)CCC)NC. The topological polar surface area (TPSA) is 12.0 Å². The maximum Gasteiger partial charge on any atom is 0.0246 e. The molecule has 2 atom stereocenters. The van der Waals surface area contributed by atoms with Crippen molar-refractivity contribution in [3.05, 3.63) is 12.7 Å². The number of likely N-dealkylation sites (N-methyl/N-ethyl adjacent to an activating group) is 1. The summed E-state index contributed by atoms with van der Waals surface area (Å²) >= 11 is 0. The second kappa shape index (κ2) is 6.41. The Bertz CT molecular complexity index is 99.0. The van der Waals surface area contributed by atoms with Gasteiger partial charge in [-0.1, -0.05) is 32.8 Å². The van der Waals surface area contributed by atoms with Crippen LogP contribution < -0.4 is 5.32 Å². The highest BCUT2D eigenvalue weighted by Gasteiger charge is 2.06. The molecule has 0 amide bonds. The summed E-state index contributed by atoms with van der Waals surface area (Å²) in [5.74, 6) is 0.815. The monoisotopic (exact) mass is 155 g/mol. The van der Waals surface area contributed by atoms with E-state index < -0.39 is 0 Å². The quantitative estimate of drug-likeness (QED) is 0.581. The Morgan fingerprint density at radius 3 is 2.55 bits per heavy atom. The Labute approximate surface area is 70.9 Å². The van der Waals surface area contributed by atoms with Crippen molar-refractivity contribution in [1.29, 1.82) is 0 Å². The van der Waals surface area contributed by atoms with E-state index in [0.717, 1.165) is 5.92 Å². The summed E-state index contributed by atoms with van der Waals surface area (Å²) in [6.45, 7) is 8.32. The summed E-state index contributed by atoms with van der Waals surface area (Å²) in [5, 5.41) is 3.22. The van der Waals surface area contributed by atoms with Gasteiger partial charge in [-0.05, 0) is 19.4 Å². The van der Waals surface area contributed by atoms with Crippen LogP contribution in [0, 0.1) is 5.92 Å². The molecule has 0 bridgehead atoms. The Morgan fingerprint density at radius 1 is 1.55 bits per heavy atom. The van der Waals surface area contributed by atoms with Crippen LogP contribution in [0.15, 0.2) is 12.7 Å². The minimum Gasteiger partial charge on any atom is -0.314 e. The largest absolute Gasteiger partial charge is 0.314 e. The van der Waals surface area contributed by atoms with Crippen LogP contribution in [0.4, 0.5) is 0 Å². The molecular weight excluding hydrogens is 134 g/mol. The van der Waals surface area contributed by atoms with E-state index in [9.17, 15) is 0 Å². The maximum atomic E-state index is 3.78. The minimum absolute atomic E-state index is 0.497. The Hall–Kier alpha value is -0.300. The normalized spacial score (nSPS) is 15.9. The molecule has 0 aromatic carbocycles. The molecule has 11 heavy (non-hydrogen) atoms. The van der Waals surface area contributed by atoms with Crippen LogP contribution in [-0.4, -0.2) is 13.1 Å². The molecule has 1 nitrogen and oxygen atoms in total. The Morgan fingerprint density at radius 2 is 2.18 bits per heavy atom. The van der Waals surface area contributed by atoms with E-state index in [1.54, 1.807) is 0 Å². The summed E-state index contributed by atoms with van der Waals surface area (Å²) < 4.78 is 0. The summed E-state index contributed by atoms with van der Waals surface area (Å²) in [7, 11) is 1.99. The summed E-state index contributed by atoms with van der Waals surface area (Å²) in [6, 6.07) is 0.497. The highest BCUT2D eigenvalue weighted by Crippen LogP contribution is 2.12. The summed E-state index contributed by atoms with van der Waals surface area (Å²) in [6.07, 6.45) is 5.82. The zero-order valence-electron chi connectivity index (χ0n) is 8.06. The summed E-state index contributed by atoms with van der Waals surface area (Å²) in [4.78, 5) is 0. The zero-order valence-corrected chi connectivity index (χ0v) is 8.06. The first kappa shape index (κ1) is 10.7. The molecule has 1 N–H and O–H groups in total. The third-order valence-electron chi connectivity index (χ3n) is 2.09. The van der Waals surface area contributed by atoms with E-state index in [1.165, 1.54) is 19.3 Å². The van der Waals surface area contributed by atoms with Crippen molar-refractivity contribution in [2.24, 2.45) is 5.92 Å². The second-order valence-corrected chi connectivity index (χ2v) is 3.26. The predicted octanol–water partition coefficient (Wildman–Crippen LogP) is 2.59. The van der Waals surface area contributed by atoms with Crippen molar-refractivity contribution in [3.8, 4) is 0 Å². The molecule has 0 fully saturated rings. The van der Waals surface area contributed by atoms with Gasteiger partial charge in [0, 0.05) is 6.04 Å². The lowest BCUT2D eigenvalue weighted by Gasteiger charge is -2.16. The van der Waals surface area contributed by atoms with E-state index in [-0.39, 0.29) is 0 Å². The first-order valence-electron chi connectivity index (χ1n) is 4.54. The lowest BCUT2D eigenvalue weighted by atomic mass is 9.97. The van der Waals surface area contributed by atoms with Gasteiger partial charge in [0.15, 0.2) is 0 Å². The van der Waals surface area contributed by atoms with E-state index in [2.05, 4.69) is 25.7 Å². The van der Waals surface area contributed by atoms with Gasteiger partial charge in [-0.2, -0.15) is 0 Å². The number of nitrogens with one attached hydrogen (secondary N) is 1. The Balaban J connectivity index is 3.53. The van der Waals surface area contributed by atoms with Gasteiger partial charge in [-0.15, -0.1) is 6.58 Å². The number of hydrogen-bond acceptors (Lipinski definition) is 1. The third kappa shape index (κ3) is 5.02. The van der Waals surface area contributed by atoms with Gasteiger partial charge in [0.1, 0.15) is 0 Å². The van der Waals surface area contributed by atoms with E-state index >= 15 is 0 Å². The molecule has 0 aliphatic rings. The fourth-order valence-corrected chi connectivity index (χ4v) is 1.38. The maximum absolute atomic E-state index is 3.78. The van der Waals surface area contributed by atoms with Gasteiger partial charge in [0.05, 0.1) is 0 Å². The van der Waals surface area contributed by atoms with Crippen molar-refractivity contribution in [3.63, 3.8) is 0 Å². The van der Waals surface area contributed by atoms with Gasteiger partial charge in [0.25, 0.3) is 0 Å². The fraction of sp³-hybridized carbons (Fsp3) is 0.800. The van der Waals surface area contributed by atoms with Crippen molar-refractivity contribution in [2.45, 2.75) is 39.2 Å². The van der Waals surface area contributed by atoms with E-state index in [4.69, 9.17) is 0 Å². The average molecular weight is 155 g/mol. The smallest absolute Gasteiger partial charge is 0.0246 e. The molecule has 0 saturated carbocycles. The van der Waals surface area contributed by atoms with Gasteiger partial charge in [-0.3, -0.25) is 0 Å². The standard InChI is InChI=1S/C10H21N/c1-5-7-9(3)8-10(6-2)11-4/h6,9-11H,2,5,7-8H2,1,3-4H3. The minimum atomic E-state index is 0.497. The number of rotatable bonds is 6. The molecule has 1 heteroatoms. The van der Waals surface area contributed by atoms with Crippen LogP contribution in [-0.2, 0) is 0 Å². The Kier molecular flexibility index (Phi) is 6.24. The average Bonchev–Trinajstić information content (AvgIpc) is 2.01. The highest BCUT2D eigenvalue weighted by atomic mass is 14.9. The molecule has 0 aliphatic heterocycles. The van der Waals surface area contributed by atoms with Gasteiger partial charge < -0.3 is 5.32 Å². The van der Waals surface area contributed by atoms with Crippen LogP contribution in [0.5, 0.6) is 0 Å². The molecule has 0 radical (unpaired) electrons. The zero-order chi connectivity index (χ0) is 8.69. The lowest BCUT2D eigenvalue weighted by molar-refractivity contribution is 0.437. The van der Waals surface area contributed by atoms with E-state index in [1.807, 2.05) is 13.1 Å². The van der Waals surface area contributed by atoms with Crippen molar-refractivity contribution < 1.29 is 0 Å². The second-order valence-electron chi connectivity index (χ2n) is 3.26. The fourth-order valence-electron chi connectivity index (χ4n) is 1.38. The molecule has 0 spiro atoms. The molecule has 0 saturated heterocycles. The molecule has 0 aliphatic carbocycles. The van der Waals surface area contributed by atoms with Gasteiger partial charge in [-0.25, -0.2) is 0 Å².